The molecule has 5 rings (SSSR count). The largest absolute Gasteiger partial charge is 0.0622 e. The van der Waals surface area contributed by atoms with Gasteiger partial charge in [-0.2, -0.15) is 0 Å². The van der Waals surface area contributed by atoms with Gasteiger partial charge in [-0.25, -0.2) is 0 Å². The Balaban J connectivity index is 1.63. The van der Waals surface area contributed by atoms with Gasteiger partial charge in [-0.3, -0.25) is 0 Å². The molecule has 0 N–H and O–H groups in total. The van der Waals surface area contributed by atoms with Crippen LogP contribution >= 0.6 is 0 Å². The highest BCUT2D eigenvalue weighted by Crippen LogP contribution is 2.37. The molecule has 0 aromatic heterocycles. The zero-order chi connectivity index (χ0) is 23.5. The van der Waals surface area contributed by atoms with Crippen molar-refractivity contribution in [3.8, 4) is 44.5 Å². The molecule has 5 aromatic rings. The van der Waals surface area contributed by atoms with Crippen LogP contribution in [0.3, 0.4) is 0 Å². The maximum Gasteiger partial charge on any atom is -0.00992 e. The van der Waals surface area contributed by atoms with E-state index in [2.05, 4.69) is 148 Å². The summed E-state index contributed by atoms with van der Waals surface area (Å²) in [4.78, 5) is 0. The summed E-state index contributed by atoms with van der Waals surface area (Å²) in [6.07, 6.45) is 0. The van der Waals surface area contributed by atoms with Crippen LogP contribution in [0, 0.1) is 0 Å². The molecular formula is C34H30. The Bertz CT molecular complexity index is 1400. The van der Waals surface area contributed by atoms with Gasteiger partial charge in [-0.1, -0.05) is 136 Å². The lowest BCUT2D eigenvalue weighted by Gasteiger charge is -2.20. The van der Waals surface area contributed by atoms with Crippen LogP contribution in [0.2, 0.25) is 0 Å². The summed E-state index contributed by atoms with van der Waals surface area (Å²) < 4.78 is 0. The minimum absolute atomic E-state index is 0.126. The Morgan fingerprint density at radius 1 is 0.353 bits per heavy atom. The molecule has 0 radical (unpaired) electrons. The summed E-state index contributed by atoms with van der Waals surface area (Å²) in [5.41, 5.74) is 11.4. The first-order valence-electron chi connectivity index (χ1n) is 12.0. The van der Waals surface area contributed by atoms with E-state index in [9.17, 15) is 0 Å². The molecule has 0 nitrogen and oxygen atoms in total. The van der Waals surface area contributed by atoms with E-state index in [-0.39, 0.29) is 5.41 Å². The van der Waals surface area contributed by atoms with Crippen molar-refractivity contribution in [1.29, 1.82) is 0 Å². The maximum atomic E-state index is 2.33. The Hall–Kier alpha value is -3.90. The molecule has 0 unspecified atom stereocenters. The molecular weight excluding hydrogens is 408 g/mol. The van der Waals surface area contributed by atoms with E-state index in [1.807, 2.05) is 0 Å². The van der Waals surface area contributed by atoms with E-state index < -0.39 is 0 Å². The summed E-state index contributed by atoms with van der Waals surface area (Å²) in [6.45, 7) is 6.80. The minimum atomic E-state index is 0.126. The average Bonchev–Trinajstić information content (AvgIpc) is 2.89. The summed E-state index contributed by atoms with van der Waals surface area (Å²) in [6, 6.07) is 46.0. The standard InChI is InChI=1S/C34H30/c1-34(2,3)31-19-11-17-28(23-31)27-16-10-18-30(22-27)32-21-20-29(25-12-6-4-7-13-25)24-33(32)26-14-8-5-9-15-26/h4-24H,1-3H3. The lowest BCUT2D eigenvalue weighted by Crippen LogP contribution is -2.10. The number of benzene rings is 5. The smallest absolute Gasteiger partial charge is 0.00992 e. The van der Waals surface area contributed by atoms with Gasteiger partial charge in [0.15, 0.2) is 0 Å². The van der Waals surface area contributed by atoms with Gasteiger partial charge < -0.3 is 0 Å². The molecule has 0 heteroatoms. The first-order valence-corrected chi connectivity index (χ1v) is 12.0. The highest BCUT2D eigenvalue weighted by Gasteiger charge is 2.15. The summed E-state index contributed by atoms with van der Waals surface area (Å²) in [5.74, 6) is 0. The summed E-state index contributed by atoms with van der Waals surface area (Å²) in [5, 5.41) is 0. The van der Waals surface area contributed by atoms with E-state index in [1.54, 1.807) is 0 Å². The number of hydrogen-bond donors (Lipinski definition) is 0. The van der Waals surface area contributed by atoms with Crippen molar-refractivity contribution < 1.29 is 0 Å². The van der Waals surface area contributed by atoms with Gasteiger partial charge >= 0.3 is 0 Å². The molecule has 5 aromatic carbocycles. The Kier molecular flexibility index (Phi) is 5.90. The summed E-state index contributed by atoms with van der Waals surface area (Å²) in [7, 11) is 0. The zero-order valence-corrected chi connectivity index (χ0v) is 20.1. The van der Waals surface area contributed by atoms with Crippen LogP contribution in [0.4, 0.5) is 0 Å². The van der Waals surface area contributed by atoms with Gasteiger partial charge in [-0.15, -0.1) is 0 Å². The second kappa shape index (κ2) is 9.15. The van der Waals surface area contributed by atoms with Crippen molar-refractivity contribution in [2.45, 2.75) is 26.2 Å². The molecule has 0 aliphatic heterocycles. The normalized spacial score (nSPS) is 11.4. The van der Waals surface area contributed by atoms with Gasteiger partial charge in [0, 0.05) is 0 Å². The molecule has 0 aliphatic rings. The molecule has 0 heterocycles. The second-order valence-electron chi connectivity index (χ2n) is 9.90. The van der Waals surface area contributed by atoms with E-state index in [0.717, 1.165) is 0 Å². The first-order chi connectivity index (χ1) is 16.5. The first kappa shape index (κ1) is 21.9. The lowest BCUT2D eigenvalue weighted by molar-refractivity contribution is 0.590. The van der Waals surface area contributed by atoms with Crippen molar-refractivity contribution in [3.63, 3.8) is 0 Å². The van der Waals surface area contributed by atoms with Gasteiger partial charge in [0.2, 0.25) is 0 Å². The van der Waals surface area contributed by atoms with E-state index >= 15 is 0 Å². The third kappa shape index (κ3) is 4.58. The van der Waals surface area contributed by atoms with Crippen LogP contribution in [0.15, 0.2) is 127 Å². The fraction of sp³-hybridized carbons (Fsp3) is 0.118. The van der Waals surface area contributed by atoms with Gasteiger partial charge in [0.05, 0.1) is 0 Å². The molecule has 0 aliphatic carbocycles. The molecule has 0 amide bonds. The van der Waals surface area contributed by atoms with E-state index in [4.69, 9.17) is 0 Å². The van der Waals surface area contributed by atoms with Crippen molar-refractivity contribution in [2.24, 2.45) is 0 Å². The number of rotatable bonds is 4. The zero-order valence-electron chi connectivity index (χ0n) is 20.1. The lowest BCUT2D eigenvalue weighted by atomic mass is 9.85. The SMILES string of the molecule is CC(C)(C)c1cccc(-c2cccc(-c3ccc(-c4ccccc4)cc3-c3ccccc3)c2)c1. The molecule has 0 bridgehead atoms. The topological polar surface area (TPSA) is 0 Å². The van der Waals surface area contributed by atoms with Crippen molar-refractivity contribution >= 4 is 0 Å². The second-order valence-corrected chi connectivity index (χ2v) is 9.90. The summed E-state index contributed by atoms with van der Waals surface area (Å²) >= 11 is 0. The Labute approximate surface area is 203 Å². The van der Waals surface area contributed by atoms with Crippen LogP contribution in [-0.4, -0.2) is 0 Å². The fourth-order valence-electron chi connectivity index (χ4n) is 4.49. The van der Waals surface area contributed by atoms with Crippen molar-refractivity contribution in [3.05, 3.63) is 133 Å². The molecule has 166 valence electrons. The monoisotopic (exact) mass is 438 g/mol. The Morgan fingerprint density at radius 2 is 0.882 bits per heavy atom. The number of hydrogen-bond acceptors (Lipinski definition) is 0. The fourth-order valence-corrected chi connectivity index (χ4v) is 4.49. The quantitative estimate of drug-likeness (QED) is 0.262. The average molecular weight is 439 g/mol. The molecule has 0 fully saturated rings. The van der Waals surface area contributed by atoms with Crippen molar-refractivity contribution in [1.82, 2.24) is 0 Å². The van der Waals surface area contributed by atoms with Gasteiger partial charge in [0.1, 0.15) is 0 Å². The molecule has 34 heavy (non-hydrogen) atoms. The predicted molar refractivity (Wildman–Crippen MR) is 147 cm³/mol. The molecule has 0 atom stereocenters. The van der Waals surface area contributed by atoms with Crippen LogP contribution in [-0.2, 0) is 5.41 Å². The highest BCUT2D eigenvalue weighted by molar-refractivity contribution is 5.88. The van der Waals surface area contributed by atoms with E-state index in [1.165, 1.54) is 50.1 Å². The van der Waals surface area contributed by atoms with Crippen LogP contribution in [0.1, 0.15) is 26.3 Å². The van der Waals surface area contributed by atoms with Crippen LogP contribution in [0.5, 0.6) is 0 Å². The van der Waals surface area contributed by atoms with Gasteiger partial charge in [-0.05, 0) is 67.6 Å². The minimum Gasteiger partial charge on any atom is -0.0622 e. The molecule has 0 spiro atoms. The van der Waals surface area contributed by atoms with E-state index in [0.29, 0.717) is 0 Å². The third-order valence-corrected chi connectivity index (χ3v) is 6.45. The van der Waals surface area contributed by atoms with Crippen LogP contribution < -0.4 is 0 Å². The van der Waals surface area contributed by atoms with Gasteiger partial charge in [0.25, 0.3) is 0 Å². The maximum absolute atomic E-state index is 2.33. The molecule has 0 saturated heterocycles. The highest BCUT2D eigenvalue weighted by atomic mass is 14.2. The van der Waals surface area contributed by atoms with Crippen LogP contribution in [0.25, 0.3) is 44.5 Å². The Morgan fingerprint density at radius 3 is 1.56 bits per heavy atom. The molecule has 0 saturated carbocycles. The predicted octanol–water partition coefficient (Wildman–Crippen LogP) is 9.65. The van der Waals surface area contributed by atoms with Crippen molar-refractivity contribution in [2.75, 3.05) is 0 Å². The third-order valence-electron chi connectivity index (χ3n) is 6.45.